The normalized spacial score (nSPS) is 18.0. The molecule has 6 nitrogen and oxygen atoms in total. The maximum absolute atomic E-state index is 13.4. The highest BCUT2D eigenvalue weighted by molar-refractivity contribution is 5.80. The van der Waals surface area contributed by atoms with Gasteiger partial charge in [-0.05, 0) is 50.7 Å². The number of hydrogen-bond donors (Lipinski definition) is 0. The second-order valence-electron chi connectivity index (χ2n) is 6.72. The van der Waals surface area contributed by atoms with E-state index in [1.807, 2.05) is 19.2 Å². The van der Waals surface area contributed by atoms with Crippen LogP contribution in [0.15, 0.2) is 31.0 Å². The lowest BCUT2D eigenvalue weighted by atomic mass is 9.89. The Balaban J connectivity index is 1.97. The van der Waals surface area contributed by atoms with Crippen molar-refractivity contribution in [3.8, 4) is 0 Å². The lowest BCUT2D eigenvalue weighted by Gasteiger charge is -2.41. The van der Waals surface area contributed by atoms with E-state index in [0.717, 1.165) is 37.8 Å². The maximum Gasteiger partial charge on any atom is 0.248 e. The molecule has 0 saturated heterocycles. The molecule has 0 unspecified atom stereocenters. The average Bonchev–Trinajstić information content (AvgIpc) is 3.19. The highest BCUT2D eigenvalue weighted by atomic mass is 16.2. The summed E-state index contributed by atoms with van der Waals surface area (Å²) in [5, 5.41) is 4.16. The topological polar surface area (TPSA) is 63.9 Å². The van der Waals surface area contributed by atoms with Crippen LogP contribution in [-0.2, 0) is 11.2 Å². The molecule has 0 spiro atoms. The molecule has 0 saturated carbocycles. The summed E-state index contributed by atoms with van der Waals surface area (Å²) in [4.78, 5) is 24.1. The van der Waals surface area contributed by atoms with E-state index in [9.17, 15) is 4.79 Å². The van der Waals surface area contributed by atoms with Gasteiger partial charge in [-0.25, -0.2) is 9.67 Å². The first kappa shape index (κ1) is 17.6. The van der Waals surface area contributed by atoms with Crippen LogP contribution in [0.2, 0.25) is 0 Å². The van der Waals surface area contributed by atoms with Crippen LogP contribution in [0.5, 0.6) is 0 Å². The van der Waals surface area contributed by atoms with Crippen LogP contribution in [0.4, 0.5) is 0 Å². The molecule has 1 amide bonds. The number of hydrogen-bond acceptors (Lipinski definition) is 4. The van der Waals surface area contributed by atoms with Crippen LogP contribution >= 0.6 is 0 Å². The lowest BCUT2D eigenvalue weighted by Crippen LogP contribution is -2.46. The number of aromatic nitrogens is 4. The third kappa shape index (κ3) is 3.43. The van der Waals surface area contributed by atoms with Crippen molar-refractivity contribution >= 4 is 5.91 Å². The average molecular weight is 341 g/mol. The molecule has 0 N–H and O–H groups in total. The lowest BCUT2D eigenvalue weighted by molar-refractivity contribution is -0.140. The van der Waals surface area contributed by atoms with Crippen molar-refractivity contribution < 1.29 is 4.79 Å². The fourth-order valence-corrected chi connectivity index (χ4v) is 3.87. The van der Waals surface area contributed by atoms with E-state index < -0.39 is 0 Å². The largest absolute Gasteiger partial charge is 0.329 e. The summed E-state index contributed by atoms with van der Waals surface area (Å²) in [6, 6.07) is 4.02. The number of aryl methyl sites for hydroxylation is 1. The van der Waals surface area contributed by atoms with Gasteiger partial charge < -0.3 is 4.90 Å². The first-order chi connectivity index (χ1) is 12.2. The van der Waals surface area contributed by atoms with Crippen molar-refractivity contribution in [3.05, 3.63) is 42.2 Å². The number of carbonyl (C=O) groups excluding carboxylic acids is 1. The minimum absolute atomic E-state index is 0.0494. The zero-order valence-electron chi connectivity index (χ0n) is 15.3. The van der Waals surface area contributed by atoms with E-state index in [-0.39, 0.29) is 24.0 Å². The third-order valence-corrected chi connectivity index (χ3v) is 5.28. The molecule has 0 aromatic carbocycles. The van der Waals surface area contributed by atoms with Gasteiger partial charge in [0.05, 0.1) is 11.7 Å². The number of carbonyl (C=O) groups is 1. The summed E-state index contributed by atoms with van der Waals surface area (Å²) in [7, 11) is 0. The SMILES string of the molecule is CCC(CC)N(C(=O)[C@@H](C)n1cncn1)[C@H]1CCCc2cccnc21. The van der Waals surface area contributed by atoms with Gasteiger partial charge in [0.2, 0.25) is 5.91 Å². The van der Waals surface area contributed by atoms with Gasteiger partial charge in [0.25, 0.3) is 0 Å². The zero-order chi connectivity index (χ0) is 17.8. The Morgan fingerprint density at radius 2 is 2.20 bits per heavy atom. The van der Waals surface area contributed by atoms with Gasteiger partial charge in [0.1, 0.15) is 18.7 Å². The Kier molecular flexibility index (Phi) is 5.46. The molecule has 0 fully saturated rings. The highest BCUT2D eigenvalue weighted by Gasteiger charge is 2.36. The third-order valence-electron chi connectivity index (χ3n) is 5.28. The smallest absolute Gasteiger partial charge is 0.248 e. The minimum atomic E-state index is -0.364. The molecule has 2 atom stereocenters. The van der Waals surface area contributed by atoms with Crippen LogP contribution in [0, 0.1) is 0 Å². The molecule has 134 valence electrons. The molecule has 2 aromatic heterocycles. The van der Waals surface area contributed by atoms with Crippen molar-refractivity contribution in [1.29, 1.82) is 0 Å². The predicted molar refractivity (Wildman–Crippen MR) is 95.9 cm³/mol. The van der Waals surface area contributed by atoms with Gasteiger partial charge in [-0.3, -0.25) is 9.78 Å². The molecule has 0 bridgehead atoms. The number of rotatable bonds is 6. The monoisotopic (exact) mass is 341 g/mol. The van der Waals surface area contributed by atoms with E-state index in [1.54, 1.807) is 11.0 Å². The highest BCUT2D eigenvalue weighted by Crippen LogP contribution is 2.36. The second-order valence-corrected chi connectivity index (χ2v) is 6.72. The van der Waals surface area contributed by atoms with Crippen molar-refractivity contribution in [3.63, 3.8) is 0 Å². The molecule has 0 radical (unpaired) electrons. The fraction of sp³-hybridized carbons (Fsp3) is 0.579. The molecule has 3 rings (SSSR count). The zero-order valence-corrected chi connectivity index (χ0v) is 15.3. The van der Waals surface area contributed by atoms with Crippen molar-refractivity contribution in [1.82, 2.24) is 24.6 Å². The Morgan fingerprint density at radius 1 is 1.40 bits per heavy atom. The molecule has 6 heteroatoms. The van der Waals surface area contributed by atoms with E-state index >= 15 is 0 Å². The van der Waals surface area contributed by atoms with Gasteiger partial charge >= 0.3 is 0 Å². The van der Waals surface area contributed by atoms with Crippen molar-refractivity contribution in [2.75, 3.05) is 0 Å². The summed E-state index contributed by atoms with van der Waals surface area (Å²) >= 11 is 0. The Hall–Kier alpha value is -2.24. The molecule has 1 aliphatic rings. The van der Waals surface area contributed by atoms with E-state index in [2.05, 4.69) is 39.9 Å². The summed E-state index contributed by atoms with van der Waals surface area (Å²) in [6.45, 7) is 6.20. The molecule has 2 aromatic rings. The number of amides is 1. The standard InChI is InChI=1S/C19H27N5O/c1-4-16(5-2)24(19(25)14(3)23-13-20-12-22-23)17-10-6-8-15-9-7-11-21-18(15)17/h7,9,11-14,16-17H,4-6,8,10H2,1-3H3/t14-,17+/m1/s1. The van der Waals surface area contributed by atoms with Crippen LogP contribution in [0.25, 0.3) is 0 Å². The van der Waals surface area contributed by atoms with Gasteiger partial charge in [-0.15, -0.1) is 0 Å². The predicted octanol–water partition coefficient (Wildman–Crippen LogP) is 3.33. The Bertz CT molecular complexity index is 696. The van der Waals surface area contributed by atoms with E-state index in [0.29, 0.717) is 0 Å². The molecule has 2 heterocycles. The molecular weight excluding hydrogens is 314 g/mol. The molecular formula is C19H27N5O. The summed E-state index contributed by atoms with van der Waals surface area (Å²) in [5.41, 5.74) is 2.34. The maximum atomic E-state index is 13.4. The van der Waals surface area contributed by atoms with Crippen LogP contribution < -0.4 is 0 Å². The van der Waals surface area contributed by atoms with Crippen LogP contribution in [0.1, 0.15) is 69.8 Å². The summed E-state index contributed by atoms with van der Waals surface area (Å²) < 4.78 is 1.64. The van der Waals surface area contributed by atoms with Gasteiger partial charge in [-0.2, -0.15) is 5.10 Å². The second kappa shape index (κ2) is 7.76. The number of pyridine rings is 1. The number of nitrogens with zero attached hydrogens (tertiary/aromatic N) is 5. The first-order valence-corrected chi connectivity index (χ1v) is 9.27. The van der Waals surface area contributed by atoms with Crippen molar-refractivity contribution in [2.24, 2.45) is 0 Å². The van der Waals surface area contributed by atoms with Crippen LogP contribution in [-0.4, -0.2) is 36.6 Å². The summed E-state index contributed by atoms with van der Waals surface area (Å²) in [5.74, 6) is 0.0997. The van der Waals surface area contributed by atoms with E-state index in [4.69, 9.17) is 0 Å². The number of fused-ring (bicyclic) bond motifs is 1. The summed E-state index contributed by atoms with van der Waals surface area (Å²) in [6.07, 6.45) is 9.90. The van der Waals surface area contributed by atoms with Gasteiger partial charge in [-0.1, -0.05) is 19.9 Å². The minimum Gasteiger partial charge on any atom is -0.329 e. The Labute approximate surface area is 149 Å². The Morgan fingerprint density at radius 3 is 2.88 bits per heavy atom. The molecule has 1 aliphatic carbocycles. The fourth-order valence-electron chi connectivity index (χ4n) is 3.87. The van der Waals surface area contributed by atoms with Crippen LogP contribution in [0.3, 0.4) is 0 Å². The van der Waals surface area contributed by atoms with Crippen molar-refractivity contribution in [2.45, 2.75) is 71.0 Å². The molecule has 0 aliphatic heterocycles. The van der Waals surface area contributed by atoms with Gasteiger partial charge in [0, 0.05) is 12.2 Å². The quantitative estimate of drug-likeness (QED) is 0.808. The molecule has 25 heavy (non-hydrogen) atoms. The first-order valence-electron chi connectivity index (χ1n) is 9.27. The van der Waals surface area contributed by atoms with E-state index in [1.165, 1.54) is 11.9 Å². The van der Waals surface area contributed by atoms with Gasteiger partial charge in [0.15, 0.2) is 0 Å².